The molecule has 2 aromatic heterocycles. The molecule has 0 saturated carbocycles. The monoisotopic (exact) mass is 176 g/mol. The molecule has 66 valence electrons. The maximum atomic E-state index is 11.2. The van der Waals surface area contributed by atoms with Crippen molar-refractivity contribution >= 4 is 11.4 Å². The van der Waals surface area contributed by atoms with Crippen molar-refractivity contribution < 1.29 is 4.79 Å². The van der Waals surface area contributed by atoms with E-state index in [0.717, 1.165) is 5.52 Å². The summed E-state index contributed by atoms with van der Waals surface area (Å²) < 4.78 is 1.61. The van der Waals surface area contributed by atoms with E-state index in [4.69, 9.17) is 0 Å². The molecule has 0 fully saturated rings. The largest absolute Gasteiger partial charge is 0.355 e. The van der Waals surface area contributed by atoms with Gasteiger partial charge in [-0.05, 0) is 6.07 Å². The molecule has 0 atom stereocenters. The molecular formula is C8H8N4O. The number of hydrogen-bond donors (Lipinski definition) is 1. The van der Waals surface area contributed by atoms with Crippen molar-refractivity contribution in [1.82, 2.24) is 19.9 Å². The first-order chi connectivity index (χ1) is 6.31. The van der Waals surface area contributed by atoms with Gasteiger partial charge >= 0.3 is 0 Å². The predicted molar refractivity (Wildman–Crippen MR) is 46.4 cm³/mol. The second-order valence-electron chi connectivity index (χ2n) is 2.59. The van der Waals surface area contributed by atoms with Crippen molar-refractivity contribution in [3.8, 4) is 0 Å². The van der Waals surface area contributed by atoms with Crippen molar-refractivity contribution in [3.63, 3.8) is 0 Å². The maximum absolute atomic E-state index is 11.2. The Morgan fingerprint density at radius 1 is 1.62 bits per heavy atom. The summed E-state index contributed by atoms with van der Waals surface area (Å²) in [7, 11) is 1.59. The third-order valence-corrected chi connectivity index (χ3v) is 1.77. The Balaban J connectivity index is 2.56. The summed E-state index contributed by atoms with van der Waals surface area (Å²) in [6, 6.07) is 1.73. The lowest BCUT2D eigenvalue weighted by molar-refractivity contribution is 0.0963. The highest BCUT2D eigenvalue weighted by molar-refractivity contribution is 5.95. The lowest BCUT2D eigenvalue weighted by Gasteiger charge is -1.91. The number of nitrogens with one attached hydrogen (secondary N) is 1. The second kappa shape index (κ2) is 2.85. The van der Waals surface area contributed by atoms with Gasteiger partial charge in [-0.25, -0.2) is 9.50 Å². The molecule has 2 rings (SSSR count). The summed E-state index contributed by atoms with van der Waals surface area (Å²) in [6.07, 6.45) is 4.75. The average Bonchev–Trinajstić information content (AvgIpc) is 2.59. The zero-order valence-corrected chi connectivity index (χ0v) is 7.06. The van der Waals surface area contributed by atoms with Gasteiger partial charge in [-0.3, -0.25) is 4.79 Å². The molecular weight excluding hydrogens is 168 g/mol. The van der Waals surface area contributed by atoms with Gasteiger partial charge < -0.3 is 5.32 Å². The molecule has 0 spiro atoms. The molecule has 0 radical (unpaired) electrons. The lowest BCUT2D eigenvalue weighted by Crippen LogP contribution is -2.16. The molecule has 2 aromatic rings. The van der Waals surface area contributed by atoms with Gasteiger partial charge in [0.2, 0.25) is 0 Å². The molecule has 1 N–H and O–H groups in total. The fourth-order valence-electron chi connectivity index (χ4n) is 1.13. The van der Waals surface area contributed by atoms with Crippen LogP contribution >= 0.6 is 0 Å². The fraction of sp³-hybridized carbons (Fsp3) is 0.125. The Hall–Kier alpha value is -1.91. The minimum Gasteiger partial charge on any atom is -0.355 e. The van der Waals surface area contributed by atoms with E-state index in [2.05, 4.69) is 15.4 Å². The van der Waals surface area contributed by atoms with Gasteiger partial charge in [-0.1, -0.05) is 0 Å². The Bertz CT molecular complexity index is 415. The van der Waals surface area contributed by atoms with Gasteiger partial charge in [0.1, 0.15) is 6.33 Å². The van der Waals surface area contributed by atoms with Crippen LogP contribution < -0.4 is 5.32 Å². The van der Waals surface area contributed by atoms with Crippen molar-refractivity contribution in [2.75, 3.05) is 7.05 Å². The topological polar surface area (TPSA) is 59.3 Å². The van der Waals surface area contributed by atoms with Gasteiger partial charge in [-0.2, -0.15) is 5.10 Å². The van der Waals surface area contributed by atoms with Crippen molar-refractivity contribution in [3.05, 3.63) is 30.4 Å². The van der Waals surface area contributed by atoms with Crippen molar-refractivity contribution in [2.24, 2.45) is 0 Å². The van der Waals surface area contributed by atoms with Crippen LogP contribution in [-0.2, 0) is 0 Å². The molecule has 0 saturated heterocycles. The maximum Gasteiger partial charge on any atom is 0.252 e. The fourth-order valence-corrected chi connectivity index (χ4v) is 1.13. The zero-order valence-electron chi connectivity index (χ0n) is 7.06. The van der Waals surface area contributed by atoms with Crippen LogP contribution in [0.2, 0.25) is 0 Å². The molecule has 13 heavy (non-hydrogen) atoms. The first kappa shape index (κ1) is 7.72. The summed E-state index contributed by atoms with van der Waals surface area (Å²) in [4.78, 5) is 15.1. The molecule has 0 bridgehead atoms. The number of rotatable bonds is 1. The molecule has 2 heterocycles. The van der Waals surface area contributed by atoms with Crippen LogP contribution in [0.1, 0.15) is 10.4 Å². The summed E-state index contributed by atoms with van der Waals surface area (Å²) in [6.45, 7) is 0. The Morgan fingerprint density at radius 2 is 2.46 bits per heavy atom. The number of amides is 1. The van der Waals surface area contributed by atoms with E-state index >= 15 is 0 Å². The van der Waals surface area contributed by atoms with Crippen LogP contribution in [0.5, 0.6) is 0 Å². The highest BCUT2D eigenvalue weighted by atomic mass is 16.1. The van der Waals surface area contributed by atoms with Crippen molar-refractivity contribution in [1.29, 1.82) is 0 Å². The van der Waals surface area contributed by atoms with Crippen LogP contribution in [-0.4, -0.2) is 27.6 Å². The van der Waals surface area contributed by atoms with Crippen LogP contribution in [0.3, 0.4) is 0 Å². The second-order valence-corrected chi connectivity index (χ2v) is 2.59. The minimum absolute atomic E-state index is 0.120. The van der Waals surface area contributed by atoms with Crippen LogP contribution in [0.4, 0.5) is 0 Å². The predicted octanol–water partition coefficient (Wildman–Crippen LogP) is 0.0889. The highest BCUT2D eigenvalue weighted by Crippen LogP contribution is 2.05. The van der Waals surface area contributed by atoms with E-state index in [9.17, 15) is 4.79 Å². The van der Waals surface area contributed by atoms with Crippen molar-refractivity contribution in [2.45, 2.75) is 0 Å². The first-order valence-electron chi connectivity index (χ1n) is 3.82. The Labute approximate surface area is 74.4 Å². The third-order valence-electron chi connectivity index (χ3n) is 1.77. The van der Waals surface area contributed by atoms with Gasteiger partial charge in [-0.15, -0.1) is 0 Å². The Morgan fingerprint density at radius 3 is 3.15 bits per heavy atom. The molecule has 5 nitrogen and oxygen atoms in total. The SMILES string of the molecule is CNC(=O)c1cc2cncnn2c1. The normalized spacial score (nSPS) is 10.2. The number of fused-ring (bicyclic) bond motifs is 1. The first-order valence-corrected chi connectivity index (χ1v) is 3.82. The lowest BCUT2D eigenvalue weighted by atomic mass is 10.3. The quantitative estimate of drug-likeness (QED) is 0.669. The standard InChI is InChI=1S/C8H8N4O/c1-9-8(13)6-2-7-3-10-5-11-12(7)4-6/h2-5H,1H3,(H,9,13). The third kappa shape index (κ3) is 1.24. The van der Waals surface area contributed by atoms with E-state index in [-0.39, 0.29) is 5.91 Å². The summed E-state index contributed by atoms with van der Waals surface area (Å²) in [5.41, 5.74) is 1.39. The zero-order chi connectivity index (χ0) is 9.26. The van der Waals surface area contributed by atoms with Gasteiger partial charge in [0.15, 0.2) is 0 Å². The molecule has 0 aliphatic heterocycles. The number of carbonyl (C=O) groups is 1. The van der Waals surface area contributed by atoms with Gasteiger partial charge in [0, 0.05) is 13.2 Å². The highest BCUT2D eigenvalue weighted by Gasteiger charge is 2.06. The smallest absolute Gasteiger partial charge is 0.252 e. The van der Waals surface area contributed by atoms with Gasteiger partial charge in [0.25, 0.3) is 5.91 Å². The average molecular weight is 176 g/mol. The molecule has 0 aromatic carbocycles. The summed E-state index contributed by atoms with van der Waals surface area (Å²) in [5, 5.41) is 6.49. The Kier molecular flexibility index (Phi) is 1.70. The summed E-state index contributed by atoms with van der Waals surface area (Å²) in [5.74, 6) is -0.120. The van der Waals surface area contributed by atoms with Crippen LogP contribution in [0, 0.1) is 0 Å². The molecule has 0 aliphatic carbocycles. The van der Waals surface area contributed by atoms with E-state index < -0.39 is 0 Å². The minimum atomic E-state index is -0.120. The van der Waals surface area contributed by atoms with Gasteiger partial charge in [0.05, 0.1) is 17.3 Å². The number of hydrogen-bond acceptors (Lipinski definition) is 3. The number of aromatic nitrogens is 3. The number of carbonyl (C=O) groups excluding carboxylic acids is 1. The van der Waals surface area contributed by atoms with E-state index in [1.54, 1.807) is 30.0 Å². The van der Waals surface area contributed by atoms with E-state index in [1.807, 2.05) is 0 Å². The number of nitrogens with zero attached hydrogens (tertiary/aromatic N) is 3. The molecule has 5 heteroatoms. The van der Waals surface area contributed by atoms with E-state index in [0.29, 0.717) is 5.56 Å². The summed E-state index contributed by atoms with van der Waals surface area (Å²) >= 11 is 0. The molecule has 0 aliphatic rings. The van der Waals surface area contributed by atoms with Crippen LogP contribution in [0.15, 0.2) is 24.8 Å². The molecule has 1 amide bonds. The van der Waals surface area contributed by atoms with E-state index in [1.165, 1.54) is 6.33 Å². The molecule has 0 unspecified atom stereocenters. The van der Waals surface area contributed by atoms with Crippen LogP contribution in [0.25, 0.3) is 5.52 Å².